The summed E-state index contributed by atoms with van der Waals surface area (Å²) in [6, 6.07) is 20.6. The molecule has 2 heterocycles. The Morgan fingerprint density at radius 3 is 2.47 bits per heavy atom. The normalized spacial score (nSPS) is 19.1. The van der Waals surface area contributed by atoms with Gasteiger partial charge in [-0.1, -0.05) is 30.3 Å². The van der Waals surface area contributed by atoms with Gasteiger partial charge >= 0.3 is 0 Å². The second kappa shape index (κ2) is 8.59. The molecule has 1 fully saturated rings. The van der Waals surface area contributed by atoms with Crippen molar-refractivity contribution in [3.05, 3.63) is 89.5 Å². The Morgan fingerprint density at radius 1 is 1.03 bits per heavy atom. The lowest BCUT2D eigenvalue weighted by Crippen LogP contribution is -2.29. The molecule has 34 heavy (non-hydrogen) atoms. The summed E-state index contributed by atoms with van der Waals surface area (Å²) in [5.41, 5.74) is 2.56. The minimum absolute atomic E-state index is 0.0401. The largest absolute Gasteiger partial charge is 0.507 e. The maximum atomic E-state index is 13.3. The standard InChI is InChI=1S/C27H24N2O5/c1-28-14-15-34-22-13-10-18(16-21(22)28)25(30)23-24(17-8-11-20(33-2)12-9-17)29(27(32)26(23)31)19-6-4-3-5-7-19/h3-13,16,24,30H,14-15H2,1-2H3/b25-23-. The number of benzene rings is 3. The van der Waals surface area contributed by atoms with Crippen molar-refractivity contribution < 1.29 is 24.2 Å². The molecule has 5 rings (SSSR count). The van der Waals surface area contributed by atoms with Crippen LogP contribution in [0.25, 0.3) is 5.76 Å². The zero-order valence-electron chi connectivity index (χ0n) is 18.9. The molecular weight excluding hydrogens is 432 g/mol. The zero-order valence-corrected chi connectivity index (χ0v) is 18.9. The molecule has 0 aliphatic carbocycles. The fraction of sp³-hybridized carbons (Fsp3) is 0.185. The first-order valence-corrected chi connectivity index (χ1v) is 11.0. The Hall–Kier alpha value is -4.26. The number of hydrogen-bond donors (Lipinski definition) is 1. The number of nitrogens with zero attached hydrogens (tertiary/aromatic N) is 2. The first-order chi connectivity index (χ1) is 16.5. The third-order valence-electron chi connectivity index (χ3n) is 6.24. The van der Waals surface area contributed by atoms with Crippen molar-refractivity contribution in [1.29, 1.82) is 0 Å². The van der Waals surface area contributed by atoms with Crippen molar-refractivity contribution in [2.45, 2.75) is 6.04 Å². The van der Waals surface area contributed by atoms with E-state index in [4.69, 9.17) is 9.47 Å². The highest BCUT2D eigenvalue weighted by molar-refractivity contribution is 6.51. The number of carbonyl (C=O) groups is 2. The summed E-state index contributed by atoms with van der Waals surface area (Å²) in [6.45, 7) is 1.29. The summed E-state index contributed by atoms with van der Waals surface area (Å²) in [7, 11) is 3.51. The number of likely N-dealkylation sites (N-methyl/N-ethyl adjacent to an activating group) is 1. The van der Waals surface area contributed by atoms with Crippen molar-refractivity contribution in [3.63, 3.8) is 0 Å². The van der Waals surface area contributed by atoms with E-state index in [0.29, 0.717) is 41.5 Å². The quantitative estimate of drug-likeness (QED) is 0.361. The van der Waals surface area contributed by atoms with Crippen LogP contribution in [-0.4, -0.2) is 44.1 Å². The number of Topliss-reactive ketones (excluding diaryl/α,β-unsaturated/α-hetero) is 1. The van der Waals surface area contributed by atoms with Gasteiger partial charge in [0.2, 0.25) is 0 Å². The van der Waals surface area contributed by atoms with Crippen LogP contribution in [0.2, 0.25) is 0 Å². The van der Waals surface area contributed by atoms with Gasteiger partial charge in [-0.15, -0.1) is 0 Å². The summed E-state index contributed by atoms with van der Waals surface area (Å²) in [6.07, 6.45) is 0. The van der Waals surface area contributed by atoms with Gasteiger partial charge in [0.25, 0.3) is 11.7 Å². The Kier molecular flexibility index (Phi) is 5.45. The number of ketones is 1. The van der Waals surface area contributed by atoms with Crippen molar-refractivity contribution in [2.75, 3.05) is 37.1 Å². The molecule has 0 spiro atoms. The molecular formula is C27H24N2O5. The van der Waals surface area contributed by atoms with Gasteiger partial charge in [0, 0.05) is 18.3 Å². The fourth-order valence-corrected chi connectivity index (χ4v) is 4.44. The van der Waals surface area contributed by atoms with Crippen molar-refractivity contribution in [3.8, 4) is 11.5 Å². The average molecular weight is 456 g/mol. The SMILES string of the molecule is COc1ccc(C2/C(=C(/O)c3ccc4c(c3)N(C)CCO4)C(=O)C(=O)N2c2ccccc2)cc1. The van der Waals surface area contributed by atoms with Gasteiger partial charge in [-0.05, 0) is 48.0 Å². The van der Waals surface area contributed by atoms with Crippen LogP contribution in [0.3, 0.4) is 0 Å². The smallest absolute Gasteiger partial charge is 0.300 e. The molecule has 3 aromatic rings. The number of hydrogen-bond acceptors (Lipinski definition) is 6. The van der Waals surface area contributed by atoms with Crippen LogP contribution in [0.15, 0.2) is 78.4 Å². The van der Waals surface area contributed by atoms with Gasteiger partial charge < -0.3 is 19.5 Å². The van der Waals surface area contributed by atoms with Crippen LogP contribution in [-0.2, 0) is 9.59 Å². The molecule has 172 valence electrons. The lowest BCUT2D eigenvalue weighted by Gasteiger charge is -2.28. The molecule has 7 nitrogen and oxygen atoms in total. The number of anilines is 2. The van der Waals surface area contributed by atoms with Gasteiger partial charge in [-0.3, -0.25) is 14.5 Å². The van der Waals surface area contributed by atoms with Gasteiger partial charge in [-0.2, -0.15) is 0 Å². The lowest BCUT2D eigenvalue weighted by atomic mass is 9.94. The summed E-state index contributed by atoms with van der Waals surface area (Å²) in [5, 5.41) is 11.4. The summed E-state index contributed by atoms with van der Waals surface area (Å²) < 4.78 is 11.0. The second-order valence-corrected chi connectivity index (χ2v) is 8.23. The molecule has 7 heteroatoms. The van der Waals surface area contributed by atoms with Crippen molar-refractivity contribution in [1.82, 2.24) is 0 Å². The molecule has 2 aliphatic rings. The number of methoxy groups -OCH3 is 1. The second-order valence-electron chi connectivity index (χ2n) is 8.23. The number of amides is 1. The molecule has 1 atom stereocenters. The molecule has 0 radical (unpaired) electrons. The number of fused-ring (bicyclic) bond motifs is 1. The zero-order chi connectivity index (χ0) is 23.8. The molecule has 2 aliphatic heterocycles. The molecule has 0 saturated carbocycles. The highest BCUT2D eigenvalue weighted by Crippen LogP contribution is 2.43. The van der Waals surface area contributed by atoms with E-state index in [2.05, 4.69) is 0 Å². The number of ether oxygens (including phenoxy) is 2. The number of carbonyl (C=O) groups excluding carboxylic acids is 2. The van der Waals surface area contributed by atoms with E-state index in [1.165, 1.54) is 4.90 Å². The highest BCUT2D eigenvalue weighted by Gasteiger charge is 2.47. The van der Waals surface area contributed by atoms with Gasteiger partial charge in [-0.25, -0.2) is 0 Å². The van der Waals surface area contributed by atoms with E-state index < -0.39 is 17.7 Å². The Bertz CT molecular complexity index is 1280. The maximum Gasteiger partial charge on any atom is 0.300 e. The van der Waals surface area contributed by atoms with Crippen LogP contribution >= 0.6 is 0 Å². The third-order valence-corrected chi connectivity index (χ3v) is 6.24. The lowest BCUT2D eigenvalue weighted by molar-refractivity contribution is -0.132. The van der Waals surface area contributed by atoms with E-state index in [9.17, 15) is 14.7 Å². The molecule has 1 N–H and O–H groups in total. The van der Waals surface area contributed by atoms with E-state index in [-0.39, 0.29) is 11.3 Å². The number of para-hydroxylation sites is 1. The molecule has 1 amide bonds. The van der Waals surface area contributed by atoms with Gasteiger partial charge in [0.05, 0.1) is 31.0 Å². The predicted molar refractivity (Wildman–Crippen MR) is 129 cm³/mol. The molecule has 3 aromatic carbocycles. The predicted octanol–water partition coefficient (Wildman–Crippen LogP) is 4.15. The van der Waals surface area contributed by atoms with Crippen molar-refractivity contribution >= 4 is 28.8 Å². The Labute approximate surface area is 197 Å². The maximum absolute atomic E-state index is 13.3. The average Bonchev–Trinajstić information content (AvgIpc) is 3.14. The van der Waals surface area contributed by atoms with Crippen LogP contribution in [0.5, 0.6) is 11.5 Å². The minimum Gasteiger partial charge on any atom is -0.507 e. The Balaban J connectivity index is 1.68. The molecule has 1 saturated heterocycles. The third kappa shape index (κ3) is 3.55. The van der Waals surface area contributed by atoms with E-state index in [0.717, 1.165) is 5.69 Å². The van der Waals surface area contributed by atoms with E-state index in [1.807, 2.05) is 18.0 Å². The van der Waals surface area contributed by atoms with Crippen LogP contribution in [0.4, 0.5) is 11.4 Å². The van der Waals surface area contributed by atoms with Crippen LogP contribution < -0.4 is 19.3 Å². The van der Waals surface area contributed by atoms with Crippen LogP contribution in [0, 0.1) is 0 Å². The van der Waals surface area contributed by atoms with E-state index in [1.54, 1.807) is 73.8 Å². The highest BCUT2D eigenvalue weighted by atomic mass is 16.5. The first-order valence-electron chi connectivity index (χ1n) is 11.0. The monoisotopic (exact) mass is 456 g/mol. The first kappa shape index (κ1) is 21.6. The van der Waals surface area contributed by atoms with E-state index >= 15 is 0 Å². The summed E-state index contributed by atoms with van der Waals surface area (Å²) in [4.78, 5) is 30.0. The van der Waals surface area contributed by atoms with Gasteiger partial charge in [0.15, 0.2) is 0 Å². The molecule has 0 aromatic heterocycles. The number of rotatable bonds is 4. The Morgan fingerprint density at radius 2 is 1.76 bits per heavy atom. The summed E-state index contributed by atoms with van der Waals surface area (Å²) in [5.74, 6) is -0.282. The van der Waals surface area contributed by atoms with Crippen LogP contribution in [0.1, 0.15) is 17.2 Å². The topological polar surface area (TPSA) is 79.3 Å². The van der Waals surface area contributed by atoms with Crippen molar-refractivity contribution in [2.24, 2.45) is 0 Å². The number of aliphatic hydroxyl groups is 1. The van der Waals surface area contributed by atoms with Gasteiger partial charge in [0.1, 0.15) is 23.9 Å². The number of aliphatic hydroxyl groups excluding tert-OH is 1. The summed E-state index contributed by atoms with van der Waals surface area (Å²) >= 11 is 0. The molecule has 0 bridgehead atoms. The minimum atomic E-state index is -0.793. The molecule has 1 unspecified atom stereocenters. The fourth-order valence-electron chi connectivity index (χ4n) is 4.44.